The van der Waals surface area contributed by atoms with Crippen LogP contribution in [0.3, 0.4) is 0 Å². The van der Waals surface area contributed by atoms with E-state index in [4.69, 9.17) is 4.74 Å². The largest absolute Gasteiger partial charge is 0.465 e. The monoisotopic (exact) mass is 146 g/mol. The van der Waals surface area contributed by atoms with Crippen LogP contribution in [0.25, 0.3) is 0 Å². The second kappa shape index (κ2) is 3.11. The van der Waals surface area contributed by atoms with Gasteiger partial charge in [0.25, 0.3) is 0 Å². The maximum absolute atomic E-state index is 10.7. The van der Waals surface area contributed by atoms with Crippen LogP contribution in [0.2, 0.25) is 0 Å². The third-order valence-electron chi connectivity index (χ3n) is 1.52. The van der Waals surface area contributed by atoms with E-state index in [0.29, 0.717) is 6.61 Å². The summed E-state index contributed by atoms with van der Waals surface area (Å²) < 4.78 is 4.75. The summed E-state index contributed by atoms with van der Waals surface area (Å²) in [5.41, 5.74) is 0. The van der Waals surface area contributed by atoms with Gasteiger partial charge >= 0.3 is 5.97 Å². The van der Waals surface area contributed by atoms with Crippen molar-refractivity contribution in [2.75, 3.05) is 12.4 Å². The Morgan fingerprint density at radius 1 is 1.78 bits per heavy atom. The van der Waals surface area contributed by atoms with Crippen LogP contribution < -0.4 is 0 Å². The number of rotatable bonds is 2. The van der Waals surface area contributed by atoms with Crippen LogP contribution >= 0.6 is 12.6 Å². The van der Waals surface area contributed by atoms with E-state index in [2.05, 4.69) is 12.6 Å². The van der Waals surface area contributed by atoms with Crippen molar-refractivity contribution in [1.29, 1.82) is 0 Å². The zero-order valence-corrected chi connectivity index (χ0v) is 6.06. The average molecular weight is 146 g/mol. The summed E-state index contributed by atoms with van der Waals surface area (Å²) in [5, 5.41) is 0. The van der Waals surface area contributed by atoms with E-state index in [1.165, 1.54) is 0 Å². The molecule has 1 aliphatic rings. The lowest BCUT2D eigenvalue weighted by molar-refractivity contribution is -0.141. The predicted molar refractivity (Wildman–Crippen MR) is 37.5 cm³/mol. The molecule has 0 saturated carbocycles. The first-order valence-electron chi connectivity index (χ1n) is 3.12. The first-order chi connectivity index (χ1) is 4.34. The van der Waals surface area contributed by atoms with Gasteiger partial charge in [-0.2, -0.15) is 12.6 Å². The highest BCUT2D eigenvalue weighted by Gasteiger charge is 2.24. The molecule has 0 aliphatic carbocycles. The number of esters is 1. The second-order valence-electron chi connectivity index (χ2n) is 2.17. The molecule has 1 heterocycles. The first kappa shape index (κ1) is 6.93. The fourth-order valence-corrected chi connectivity index (χ4v) is 1.27. The van der Waals surface area contributed by atoms with Crippen molar-refractivity contribution in [2.45, 2.75) is 12.8 Å². The van der Waals surface area contributed by atoms with Gasteiger partial charge in [0.2, 0.25) is 0 Å². The molecule has 2 nitrogen and oxygen atoms in total. The Kier molecular flexibility index (Phi) is 2.39. The highest BCUT2D eigenvalue weighted by Crippen LogP contribution is 2.17. The van der Waals surface area contributed by atoms with Crippen molar-refractivity contribution in [2.24, 2.45) is 5.92 Å². The van der Waals surface area contributed by atoms with Gasteiger partial charge in [-0.15, -0.1) is 0 Å². The molecule has 3 heteroatoms. The summed E-state index contributed by atoms with van der Waals surface area (Å²) in [4.78, 5) is 10.7. The molecule has 0 aromatic carbocycles. The SMILES string of the molecule is O=C1OCCC1CCS. The van der Waals surface area contributed by atoms with E-state index >= 15 is 0 Å². The molecule has 1 saturated heterocycles. The first-order valence-corrected chi connectivity index (χ1v) is 3.75. The van der Waals surface area contributed by atoms with Gasteiger partial charge in [0, 0.05) is 0 Å². The minimum Gasteiger partial charge on any atom is -0.465 e. The molecule has 1 unspecified atom stereocenters. The lowest BCUT2D eigenvalue weighted by Crippen LogP contribution is -2.07. The van der Waals surface area contributed by atoms with Crippen molar-refractivity contribution in [3.8, 4) is 0 Å². The zero-order chi connectivity index (χ0) is 6.69. The molecule has 1 aliphatic heterocycles. The molecule has 0 aromatic heterocycles. The summed E-state index contributed by atoms with van der Waals surface area (Å²) >= 11 is 4.03. The summed E-state index contributed by atoms with van der Waals surface area (Å²) in [6.45, 7) is 0.608. The van der Waals surface area contributed by atoms with Crippen LogP contribution in [0, 0.1) is 5.92 Å². The van der Waals surface area contributed by atoms with Gasteiger partial charge in [-0.3, -0.25) is 4.79 Å². The lowest BCUT2D eigenvalue weighted by Gasteiger charge is -1.98. The Labute approximate surface area is 60.0 Å². The number of ether oxygens (including phenoxy) is 1. The third-order valence-corrected chi connectivity index (χ3v) is 1.78. The van der Waals surface area contributed by atoms with Crippen LogP contribution in [0.5, 0.6) is 0 Å². The molecule has 0 spiro atoms. The van der Waals surface area contributed by atoms with Crippen LogP contribution in [0.1, 0.15) is 12.8 Å². The smallest absolute Gasteiger partial charge is 0.309 e. The Bertz CT molecular complexity index is 114. The van der Waals surface area contributed by atoms with Gasteiger partial charge in [0.05, 0.1) is 12.5 Å². The molecular weight excluding hydrogens is 136 g/mol. The van der Waals surface area contributed by atoms with Crippen molar-refractivity contribution in [3.05, 3.63) is 0 Å². The zero-order valence-electron chi connectivity index (χ0n) is 5.17. The number of hydrogen-bond donors (Lipinski definition) is 1. The molecule has 0 radical (unpaired) electrons. The Morgan fingerprint density at radius 2 is 2.56 bits per heavy atom. The third kappa shape index (κ3) is 1.61. The van der Waals surface area contributed by atoms with Gasteiger partial charge in [-0.25, -0.2) is 0 Å². The van der Waals surface area contributed by atoms with E-state index in [1.807, 2.05) is 0 Å². The van der Waals surface area contributed by atoms with Gasteiger partial charge in [-0.1, -0.05) is 0 Å². The van der Waals surface area contributed by atoms with E-state index in [0.717, 1.165) is 18.6 Å². The minimum absolute atomic E-state index is 0.0379. The van der Waals surface area contributed by atoms with Gasteiger partial charge in [-0.05, 0) is 18.6 Å². The fourth-order valence-electron chi connectivity index (χ4n) is 0.956. The Morgan fingerprint density at radius 3 is 3.00 bits per heavy atom. The molecule has 1 fully saturated rings. The maximum Gasteiger partial charge on any atom is 0.309 e. The summed E-state index contributed by atoms with van der Waals surface area (Å²) in [7, 11) is 0. The van der Waals surface area contributed by atoms with Crippen LogP contribution in [-0.2, 0) is 9.53 Å². The number of thiol groups is 1. The van der Waals surface area contributed by atoms with E-state index in [-0.39, 0.29) is 11.9 Å². The van der Waals surface area contributed by atoms with E-state index in [1.54, 1.807) is 0 Å². The molecule has 0 aromatic rings. The molecule has 9 heavy (non-hydrogen) atoms. The Balaban J connectivity index is 2.31. The number of hydrogen-bond acceptors (Lipinski definition) is 3. The summed E-state index contributed by atoms with van der Waals surface area (Å²) in [5.74, 6) is 0.881. The lowest BCUT2D eigenvalue weighted by atomic mass is 10.1. The van der Waals surface area contributed by atoms with Crippen molar-refractivity contribution in [1.82, 2.24) is 0 Å². The van der Waals surface area contributed by atoms with Crippen molar-refractivity contribution >= 4 is 18.6 Å². The number of carbonyl (C=O) groups is 1. The molecule has 52 valence electrons. The Hall–Kier alpha value is -0.180. The number of carbonyl (C=O) groups excluding carboxylic acids is 1. The summed E-state index contributed by atoms with van der Waals surface area (Å²) in [6, 6.07) is 0. The maximum atomic E-state index is 10.7. The van der Waals surface area contributed by atoms with Crippen molar-refractivity contribution in [3.63, 3.8) is 0 Å². The second-order valence-corrected chi connectivity index (χ2v) is 2.61. The van der Waals surface area contributed by atoms with Gasteiger partial charge < -0.3 is 4.74 Å². The standard InChI is InChI=1S/C6H10O2S/c7-6-5(2-4-9)1-3-8-6/h5,9H,1-4H2. The highest BCUT2D eigenvalue weighted by molar-refractivity contribution is 7.80. The fraction of sp³-hybridized carbons (Fsp3) is 0.833. The quantitative estimate of drug-likeness (QED) is 0.462. The normalized spacial score (nSPS) is 26.3. The number of cyclic esters (lactones) is 1. The molecule has 0 amide bonds. The summed E-state index contributed by atoms with van der Waals surface area (Å²) in [6.07, 6.45) is 1.75. The average Bonchev–Trinajstić information content (AvgIpc) is 2.18. The molecule has 1 rings (SSSR count). The van der Waals surface area contributed by atoms with Crippen molar-refractivity contribution < 1.29 is 9.53 Å². The van der Waals surface area contributed by atoms with E-state index in [9.17, 15) is 4.79 Å². The van der Waals surface area contributed by atoms with Crippen LogP contribution in [0.15, 0.2) is 0 Å². The topological polar surface area (TPSA) is 26.3 Å². The molecule has 1 atom stereocenters. The molecular formula is C6H10O2S. The van der Waals surface area contributed by atoms with Crippen LogP contribution in [0.4, 0.5) is 0 Å². The molecule has 0 bridgehead atoms. The predicted octanol–water partition coefficient (Wildman–Crippen LogP) is 0.869. The highest BCUT2D eigenvalue weighted by atomic mass is 32.1. The van der Waals surface area contributed by atoms with E-state index < -0.39 is 0 Å². The van der Waals surface area contributed by atoms with Gasteiger partial charge in [0.15, 0.2) is 0 Å². The van der Waals surface area contributed by atoms with Gasteiger partial charge in [0.1, 0.15) is 0 Å². The van der Waals surface area contributed by atoms with Crippen LogP contribution in [-0.4, -0.2) is 18.3 Å². The molecule has 0 N–H and O–H groups in total. The minimum atomic E-state index is -0.0379.